The number of nitro groups is 1. The molecule has 7 nitrogen and oxygen atoms in total. The number of hydrogen-bond acceptors (Lipinski definition) is 5. The Hall–Kier alpha value is -1.26. The van der Waals surface area contributed by atoms with Gasteiger partial charge in [0.1, 0.15) is 12.4 Å². The SMILES string of the molecule is [B]B([B])B([B])B(B([B])[B])B1CC1CCCCN(CCC#C)CC(O)Cn1ccnc1[N+](=O)[O-]. The molecule has 2 rings (SSSR count). The van der Waals surface area contributed by atoms with Crippen molar-refractivity contribution in [3.8, 4) is 12.3 Å². The minimum Gasteiger partial charge on any atom is -0.390 e. The first-order chi connectivity index (χ1) is 15.6. The van der Waals surface area contributed by atoms with Crippen LogP contribution in [0, 0.1) is 22.5 Å². The molecule has 0 amide bonds. The van der Waals surface area contributed by atoms with Gasteiger partial charge in [0, 0.05) is 83.7 Å². The summed E-state index contributed by atoms with van der Waals surface area (Å²) >= 11 is 0. The number of nitrogens with zero attached hydrogens (tertiary/aromatic N) is 4. The van der Waals surface area contributed by atoms with Gasteiger partial charge in [0.05, 0.1) is 19.3 Å². The summed E-state index contributed by atoms with van der Waals surface area (Å²) in [7, 11) is 29.5. The Morgan fingerprint density at radius 1 is 1.33 bits per heavy atom. The smallest absolute Gasteiger partial charge is 0.390 e. The third kappa shape index (κ3) is 8.79. The van der Waals surface area contributed by atoms with Crippen LogP contribution < -0.4 is 0 Å². The minimum atomic E-state index is -0.780. The highest BCUT2D eigenvalue weighted by molar-refractivity contribution is 8.01. The molecule has 1 saturated heterocycles. The van der Waals surface area contributed by atoms with Crippen molar-refractivity contribution in [1.29, 1.82) is 0 Å². The molecule has 17 heteroatoms. The van der Waals surface area contributed by atoms with Crippen molar-refractivity contribution in [2.45, 2.75) is 50.5 Å². The molecule has 2 atom stereocenters. The average molecular weight is 429 g/mol. The predicted molar refractivity (Wildman–Crippen MR) is 145 cm³/mol. The van der Waals surface area contributed by atoms with Crippen LogP contribution in [0.2, 0.25) is 12.1 Å². The van der Waals surface area contributed by atoms with Crippen LogP contribution in [0.4, 0.5) is 5.95 Å². The summed E-state index contributed by atoms with van der Waals surface area (Å²) < 4.78 is 1.34. The van der Waals surface area contributed by atoms with Gasteiger partial charge < -0.3 is 15.2 Å². The predicted octanol–water partition coefficient (Wildman–Crippen LogP) is -1.85. The van der Waals surface area contributed by atoms with E-state index in [1.807, 2.05) is 0 Å². The molecule has 1 aromatic rings. The lowest BCUT2D eigenvalue weighted by Gasteiger charge is -2.26. The number of aromatic nitrogens is 2. The summed E-state index contributed by atoms with van der Waals surface area (Å²) in [4.78, 5) is 16.2. The van der Waals surface area contributed by atoms with Gasteiger partial charge in [0.15, 0.2) is 0 Å². The number of terminal acetylenes is 1. The van der Waals surface area contributed by atoms with Crippen LogP contribution in [-0.2, 0) is 6.54 Å². The number of hydrogen-bond donors (Lipinski definition) is 1. The molecule has 0 saturated carbocycles. The highest BCUT2D eigenvalue weighted by Crippen LogP contribution is 2.43. The van der Waals surface area contributed by atoms with Gasteiger partial charge in [-0.3, -0.25) is 4.90 Å². The van der Waals surface area contributed by atoms with Crippen LogP contribution in [0.5, 0.6) is 0 Å². The van der Waals surface area contributed by atoms with Crippen molar-refractivity contribution in [2.24, 2.45) is 0 Å². The number of unbranched alkanes of at least 4 members (excludes halogenated alkanes) is 1. The second-order valence-corrected chi connectivity index (χ2v) is 9.01. The van der Waals surface area contributed by atoms with Crippen molar-refractivity contribution in [1.82, 2.24) is 14.5 Å². The first kappa shape index (κ1) is 28.0. The van der Waals surface area contributed by atoms with Gasteiger partial charge in [-0.15, -0.1) is 12.3 Å². The maximum Gasteiger partial charge on any atom is 0.434 e. The Kier molecular flexibility index (Phi) is 11.5. The molecule has 1 aliphatic rings. The number of aliphatic hydroxyl groups is 1. The fourth-order valence-corrected chi connectivity index (χ4v) is 4.62. The van der Waals surface area contributed by atoms with E-state index in [2.05, 4.69) is 15.8 Å². The lowest BCUT2D eigenvalue weighted by molar-refractivity contribution is -0.397. The molecule has 0 aromatic carbocycles. The molecule has 2 unspecified atom stereocenters. The van der Waals surface area contributed by atoms with E-state index in [1.165, 1.54) is 17.0 Å². The van der Waals surface area contributed by atoms with Gasteiger partial charge in [-0.25, -0.2) is 4.57 Å². The van der Waals surface area contributed by atoms with E-state index >= 15 is 0 Å². The molecular weight excluding hydrogens is 404 g/mol. The van der Waals surface area contributed by atoms with Gasteiger partial charge in [-0.05, 0) is 17.9 Å². The zero-order valence-electron chi connectivity index (χ0n) is 19.1. The molecular formula is C16H24B10N4O3. The quantitative estimate of drug-likeness (QED) is 0.110. The van der Waals surface area contributed by atoms with E-state index < -0.39 is 30.2 Å². The van der Waals surface area contributed by atoms with E-state index in [1.54, 1.807) is 0 Å². The first-order valence-corrected chi connectivity index (χ1v) is 11.4. The Balaban J connectivity index is 1.77. The molecule has 156 valence electrons. The Bertz CT molecular complexity index is 795. The Morgan fingerprint density at radius 2 is 2.06 bits per heavy atom. The van der Waals surface area contributed by atoms with Gasteiger partial charge in [-0.1, -0.05) is 30.0 Å². The zero-order chi connectivity index (χ0) is 24.5. The molecule has 1 aromatic heterocycles. The zero-order valence-corrected chi connectivity index (χ0v) is 19.1. The van der Waals surface area contributed by atoms with Crippen LogP contribution >= 0.6 is 0 Å². The van der Waals surface area contributed by atoms with E-state index in [0.29, 0.717) is 31.9 Å². The highest BCUT2D eigenvalue weighted by Gasteiger charge is 2.49. The van der Waals surface area contributed by atoms with E-state index in [9.17, 15) is 15.2 Å². The Morgan fingerprint density at radius 3 is 2.67 bits per heavy atom. The number of rotatable bonds is 16. The molecule has 1 fully saturated rings. The van der Waals surface area contributed by atoms with Crippen LogP contribution in [-0.4, -0.2) is 121 Å². The molecule has 2 heterocycles. The van der Waals surface area contributed by atoms with Gasteiger partial charge in [0.25, 0.3) is 0 Å². The minimum absolute atomic E-state index is 0.0930. The average Bonchev–Trinajstić information content (AvgIpc) is 3.32. The topological polar surface area (TPSA) is 84.4 Å². The van der Waals surface area contributed by atoms with Crippen molar-refractivity contribution in [3.05, 3.63) is 22.5 Å². The van der Waals surface area contributed by atoms with Crippen molar-refractivity contribution in [3.63, 3.8) is 0 Å². The van der Waals surface area contributed by atoms with E-state index in [0.717, 1.165) is 32.1 Å². The van der Waals surface area contributed by atoms with Crippen molar-refractivity contribution >= 4 is 76.8 Å². The third-order valence-corrected chi connectivity index (χ3v) is 6.41. The van der Waals surface area contributed by atoms with Crippen LogP contribution in [0.25, 0.3) is 0 Å². The van der Waals surface area contributed by atoms with Crippen LogP contribution in [0.1, 0.15) is 25.7 Å². The number of imidazole rings is 1. The summed E-state index contributed by atoms with van der Waals surface area (Å²) in [5, 5.41) is 21.5. The van der Waals surface area contributed by atoms with Gasteiger partial charge in [-0.2, -0.15) is 0 Å². The lowest BCUT2D eigenvalue weighted by Crippen LogP contribution is -2.63. The molecule has 0 bridgehead atoms. The monoisotopic (exact) mass is 430 g/mol. The van der Waals surface area contributed by atoms with E-state index in [-0.39, 0.29) is 18.9 Å². The normalized spacial score (nSPS) is 15.7. The number of aliphatic hydroxyl groups excluding tert-OH is 1. The fraction of sp³-hybridized carbons (Fsp3) is 0.688. The summed E-state index contributed by atoms with van der Waals surface area (Å²) in [6.45, 7) is 2.24. The largest absolute Gasteiger partial charge is 0.434 e. The molecule has 1 aliphatic heterocycles. The summed E-state index contributed by atoms with van der Waals surface area (Å²) in [5.74, 6) is 2.86. The highest BCUT2D eigenvalue weighted by atomic mass is 16.6. The second kappa shape index (κ2) is 13.6. The summed E-state index contributed by atoms with van der Waals surface area (Å²) in [6, 6.07) is 0. The Labute approximate surface area is 206 Å². The van der Waals surface area contributed by atoms with Gasteiger partial charge in [0.2, 0.25) is 0 Å². The van der Waals surface area contributed by atoms with Gasteiger partial charge >= 0.3 is 5.95 Å². The van der Waals surface area contributed by atoms with Crippen molar-refractivity contribution in [2.75, 3.05) is 19.6 Å². The molecule has 33 heavy (non-hydrogen) atoms. The van der Waals surface area contributed by atoms with Crippen molar-refractivity contribution < 1.29 is 10.0 Å². The van der Waals surface area contributed by atoms with E-state index in [4.69, 9.17) is 45.1 Å². The maximum absolute atomic E-state index is 11.0. The molecule has 0 spiro atoms. The molecule has 0 aliphatic carbocycles. The van der Waals surface area contributed by atoms with Crippen LogP contribution in [0.15, 0.2) is 12.4 Å². The molecule has 1 N–H and O–H groups in total. The summed E-state index contributed by atoms with van der Waals surface area (Å²) in [6.07, 6.45) is 10.3. The maximum atomic E-state index is 11.0. The fourth-order valence-electron chi connectivity index (χ4n) is 4.62. The second-order valence-electron chi connectivity index (χ2n) is 9.01. The third-order valence-electron chi connectivity index (χ3n) is 6.41. The first-order valence-electron chi connectivity index (χ1n) is 11.4. The summed E-state index contributed by atoms with van der Waals surface area (Å²) in [5.41, 5.74) is 0. The standard InChI is InChI=1S/C16H24B10N4O3/c1-2-3-8-28(12-15(31)13-29-10-7-27-16(29)30(32)33)9-5-4-6-14-11-22(14)26(24(19)20)25(21)23(17)18/h1,7,10,14-15,31H,3-6,8-9,11-13H2. The van der Waals surface area contributed by atoms with Crippen LogP contribution in [0.3, 0.4) is 0 Å². The lowest BCUT2D eigenvalue weighted by atomic mass is 8.57. The molecule has 10 radical (unpaired) electrons.